The van der Waals surface area contributed by atoms with Gasteiger partial charge in [-0.05, 0) is 59.9 Å². The van der Waals surface area contributed by atoms with Gasteiger partial charge in [-0.15, -0.1) is 0 Å². The van der Waals surface area contributed by atoms with E-state index < -0.39 is 5.60 Å². The lowest BCUT2D eigenvalue weighted by molar-refractivity contribution is -0.164. The van der Waals surface area contributed by atoms with Gasteiger partial charge < -0.3 is 19.7 Å². The van der Waals surface area contributed by atoms with Crippen molar-refractivity contribution in [3.63, 3.8) is 0 Å². The number of hydrogen-bond acceptors (Lipinski definition) is 8. The van der Waals surface area contributed by atoms with Gasteiger partial charge in [-0.25, -0.2) is 14.8 Å². The summed E-state index contributed by atoms with van der Waals surface area (Å²) >= 11 is 0. The molecule has 0 aromatic heterocycles. The Morgan fingerprint density at radius 3 is 2.12 bits per heavy atom. The molecule has 0 bridgehead atoms. The van der Waals surface area contributed by atoms with Crippen LogP contribution >= 0.6 is 0 Å². The first-order chi connectivity index (χ1) is 16.1. The Morgan fingerprint density at radius 1 is 0.912 bits per heavy atom. The van der Waals surface area contributed by atoms with Gasteiger partial charge in [0.25, 0.3) is 0 Å². The van der Waals surface area contributed by atoms with Gasteiger partial charge in [0, 0.05) is 51.9 Å². The number of esters is 2. The first-order valence-corrected chi connectivity index (χ1v) is 12.7. The zero-order valence-electron chi connectivity index (χ0n) is 21.5. The Bertz CT molecular complexity index is 711. The Labute approximate surface area is 203 Å². The van der Waals surface area contributed by atoms with E-state index in [0.717, 1.165) is 58.4 Å². The number of hydrogen-bond donors (Lipinski definition) is 1. The van der Waals surface area contributed by atoms with Gasteiger partial charge in [-0.2, -0.15) is 0 Å². The van der Waals surface area contributed by atoms with Crippen LogP contribution in [0.4, 0.5) is 4.79 Å². The van der Waals surface area contributed by atoms with Gasteiger partial charge >= 0.3 is 18.0 Å². The number of hydrazine groups is 1. The van der Waals surface area contributed by atoms with Crippen LogP contribution in [0.1, 0.15) is 53.4 Å². The van der Waals surface area contributed by atoms with Crippen molar-refractivity contribution in [1.82, 2.24) is 25.1 Å². The average molecular weight is 482 g/mol. The number of urea groups is 1. The molecule has 10 nitrogen and oxygen atoms in total. The lowest BCUT2D eigenvalue weighted by Gasteiger charge is -2.44. The maximum atomic E-state index is 12.9. The summed E-state index contributed by atoms with van der Waals surface area (Å²) in [6.07, 6.45) is 3.47. The van der Waals surface area contributed by atoms with Crippen molar-refractivity contribution in [2.45, 2.75) is 71.1 Å². The van der Waals surface area contributed by atoms with E-state index in [1.165, 1.54) is 7.11 Å². The fourth-order valence-electron chi connectivity index (χ4n) is 5.01. The summed E-state index contributed by atoms with van der Waals surface area (Å²) in [5.41, 5.74) is -0.444. The van der Waals surface area contributed by atoms with Crippen molar-refractivity contribution < 1.29 is 23.9 Å². The highest BCUT2D eigenvalue weighted by molar-refractivity contribution is 5.76. The standard InChI is InChI=1S/C24H43N5O5/c1-18(21(30)33-5)27-10-6-7-20(17-27)25-23(32)26-13-15-29(16-14-26)28-11-8-19(9-12-28)22(31)34-24(2,3)4/h18-20H,6-17H2,1-5H3,(H,25,32). The number of nitrogens with zero attached hydrogens (tertiary/aromatic N) is 4. The van der Waals surface area contributed by atoms with Gasteiger partial charge in [0.2, 0.25) is 0 Å². The summed E-state index contributed by atoms with van der Waals surface area (Å²) in [6, 6.07) is -0.285. The minimum atomic E-state index is -0.444. The molecule has 0 aliphatic carbocycles. The van der Waals surface area contributed by atoms with Gasteiger partial charge in [0.15, 0.2) is 0 Å². The molecule has 0 aromatic rings. The van der Waals surface area contributed by atoms with Crippen molar-refractivity contribution in [3.05, 3.63) is 0 Å². The second kappa shape index (κ2) is 11.7. The van der Waals surface area contributed by atoms with E-state index in [1.807, 2.05) is 32.6 Å². The summed E-state index contributed by atoms with van der Waals surface area (Å²) < 4.78 is 10.4. The molecule has 2 unspecified atom stereocenters. The minimum absolute atomic E-state index is 0.0270. The van der Waals surface area contributed by atoms with E-state index in [9.17, 15) is 14.4 Å². The maximum absolute atomic E-state index is 12.9. The highest BCUT2D eigenvalue weighted by Crippen LogP contribution is 2.23. The molecular weight excluding hydrogens is 438 g/mol. The largest absolute Gasteiger partial charge is 0.468 e. The van der Waals surface area contributed by atoms with Crippen molar-refractivity contribution in [2.24, 2.45) is 5.92 Å². The number of nitrogens with one attached hydrogen (secondary N) is 1. The number of carbonyl (C=O) groups excluding carboxylic acids is 3. The summed E-state index contributed by atoms with van der Waals surface area (Å²) in [6.45, 7) is 13.7. The second-order valence-electron chi connectivity index (χ2n) is 10.7. The Balaban J connectivity index is 1.39. The van der Waals surface area contributed by atoms with Crippen LogP contribution < -0.4 is 5.32 Å². The predicted octanol–water partition coefficient (Wildman–Crippen LogP) is 1.31. The third-order valence-corrected chi connectivity index (χ3v) is 7.03. The molecule has 194 valence electrons. The number of likely N-dealkylation sites (tertiary alicyclic amines) is 1. The molecule has 10 heteroatoms. The lowest BCUT2D eigenvalue weighted by Crippen LogP contribution is -2.60. The molecule has 3 aliphatic heterocycles. The van der Waals surface area contributed by atoms with E-state index >= 15 is 0 Å². The highest BCUT2D eigenvalue weighted by Gasteiger charge is 2.33. The highest BCUT2D eigenvalue weighted by atomic mass is 16.6. The van der Waals surface area contributed by atoms with Crippen LogP contribution in [-0.2, 0) is 19.1 Å². The number of methoxy groups -OCH3 is 1. The minimum Gasteiger partial charge on any atom is -0.468 e. The first-order valence-electron chi connectivity index (χ1n) is 12.7. The van der Waals surface area contributed by atoms with Crippen molar-refractivity contribution in [2.75, 3.05) is 59.5 Å². The predicted molar refractivity (Wildman–Crippen MR) is 128 cm³/mol. The van der Waals surface area contributed by atoms with Crippen LogP contribution in [0.15, 0.2) is 0 Å². The van der Waals surface area contributed by atoms with Crippen LogP contribution in [0.5, 0.6) is 0 Å². The first kappa shape index (κ1) is 26.7. The quantitative estimate of drug-likeness (QED) is 0.588. The fraction of sp³-hybridized carbons (Fsp3) is 0.875. The van der Waals surface area contributed by atoms with Crippen molar-refractivity contribution >= 4 is 18.0 Å². The monoisotopic (exact) mass is 481 g/mol. The van der Waals surface area contributed by atoms with E-state index in [1.54, 1.807) is 0 Å². The Morgan fingerprint density at radius 2 is 1.53 bits per heavy atom. The molecule has 3 heterocycles. The van der Waals surface area contributed by atoms with Crippen LogP contribution in [0, 0.1) is 5.92 Å². The zero-order chi connectivity index (χ0) is 24.9. The van der Waals surface area contributed by atoms with Crippen LogP contribution in [0.2, 0.25) is 0 Å². The van der Waals surface area contributed by atoms with E-state index in [0.29, 0.717) is 19.6 Å². The molecule has 3 saturated heterocycles. The van der Waals surface area contributed by atoms with Crippen LogP contribution in [-0.4, -0.2) is 115 Å². The van der Waals surface area contributed by atoms with Crippen molar-refractivity contribution in [1.29, 1.82) is 0 Å². The molecule has 3 fully saturated rings. The topological polar surface area (TPSA) is 94.7 Å². The number of carbonyl (C=O) groups is 3. The van der Waals surface area contributed by atoms with E-state index in [4.69, 9.17) is 9.47 Å². The third kappa shape index (κ3) is 7.29. The second-order valence-corrected chi connectivity index (χ2v) is 10.7. The van der Waals surface area contributed by atoms with Gasteiger partial charge in [-0.1, -0.05) is 0 Å². The Hall–Kier alpha value is -1.91. The number of piperidine rings is 2. The van der Waals surface area contributed by atoms with Crippen LogP contribution in [0.3, 0.4) is 0 Å². The summed E-state index contributed by atoms with van der Waals surface area (Å²) in [5.74, 6) is -0.353. The normalized spacial score (nSPS) is 25.0. The van der Waals surface area contributed by atoms with Gasteiger partial charge in [0.1, 0.15) is 11.6 Å². The Kier molecular flexibility index (Phi) is 9.17. The van der Waals surface area contributed by atoms with E-state index in [2.05, 4.69) is 20.2 Å². The summed E-state index contributed by atoms with van der Waals surface area (Å²) in [7, 11) is 1.41. The summed E-state index contributed by atoms with van der Waals surface area (Å²) in [5, 5.41) is 7.81. The molecule has 2 amide bonds. The van der Waals surface area contributed by atoms with Gasteiger partial charge in [-0.3, -0.25) is 14.5 Å². The molecule has 0 radical (unpaired) electrons. The van der Waals surface area contributed by atoms with Crippen molar-refractivity contribution in [3.8, 4) is 0 Å². The zero-order valence-corrected chi connectivity index (χ0v) is 21.5. The number of amides is 2. The average Bonchev–Trinajstić information content (AvgIpc) is 2.82. The molecule has 3 rings (SSSR count). The molecule has 0 aromatic carbocycles. The molecule has 0 saturated carbocycles. The van der Waals surface area contributed by atoms with Crippen LogP contribution in [0.25, 0.3) is 0 Å². The molecule has 3 aliphatic rings. The number of ether oxygens (including phenoxy) is 2. The summed E-state index contributed by atoms with van der Waals surface area (Å²) in [4.78, 5) is 41.0. The van der Waals surface area contributed by atoms with E-state index in [-0.39, 0.29) is 36.0 Å². The fourth-order valence-corrected chi connectivity index (χ4v) is 5.01. The van der Waals surface area contributed by atoms with Gasteiger partial charge in [0.05, 0.1) is 13.0 Å². The third-order valence-electron chi connectivity index (χ3n) is 7.03. The SMILES string of the molecule is COC(=O)C(C)N1CCCC(NC(=O)N2CCN(N3CCC(C(=O)OC(C)(C)C)CC3)CC2)C1. The molecule has 2 atom stereocenters. The molecule has 34 heavy (non-hydrogen) atoms. The molecule has 1 N–H and O–H groups in total. The molecular formula is C24H43N5O5. The smallest absolute Gasteiger partial charge is 0.322 e. The lowest BCUT2D eigenvalue weighted by atomic mass is 9.97. The number of piperazine rings is 1. The molecule has 0 spiro atoms. The maximum Gasteiger partial charge on any atom is 0.322 e. The number of rotatable bonds is 5.